The number of hydrogen-bond acceptors (Lipinski definition) is 3. The smallest absolute Gasteiger partial charge is 0.246 e. The first-order chi connectivity index (χ1) is 4.61. The molecule has 2 N–H and O–H groups in total. The molecule has 1 fully saturated rings. The van der Waals surface area contributed by atoms with Crippen LogP contribution in [0.15, 0.2) is 0 Å². The Labute approximate surface area is 57.5 Å². The average Bonchev–Trinajstić information content (AvgIpc) is 2.10. The lowest BCUT2D eigenvalue weighted by Gasteiger charge is -2.08. The highest BCUT2D eigenvalue weighted by atomic mass is 16.2. The van der Waals surface area contributed by atoms with E-state index >= 15 is 0 Å². The van der Waals surface area contributed by atoms with Crippen LogP contribution in [0.1, 0.15) is 6.92 Å². The summed E-state index contributed by atoms with van der Waals surface area (Å²) in [5.74, 6) is -0.721. The number of amides is 2. The Kier molecular flexibility index (Phi) is 1.41. The third-order valence-corrected chi connectivity index (χ3v) is 1.21. The molecule has 0 aromatic carbocycles. The summed E-state index contributed by atoms with van der Waals surface area (Å²) in [6.07, 6.45) is 0. The number of rotatable bonds is 0. The molecule has 5 heteroatoms. The lowest BCUT2D eigenvalue weighted by molar-refractivity contribution is -0.127. The van der Waals surface area contributed by atoms with Crippen LogP contribution in [-0.4, -0.2) is 29.2 Å². The molecule has 0 aromatic heterocycles. The van der Waals surface area contributed by atoms with E-state index in [9.17, 15) is 9.59 Å². The fourth-order valence-electron chi connectivity index (χ4n) is 0.731. The van der Waals surface area contributed by atoms with Crippen LogP contribution in [0.4, 0.5) is 0 Å². The average molecular weight is 141 g/mol. The van der Waals surface area contributed by atoms with Crippen molar-refractivity contribution < 1.29 is 9.59 Å². The summed E-state index contributed by atoms with van der Waals surface area (Å²) >= 11 is 0. The van der Waals surface area contributed by atoms with E-state index in [-0.39, 0.29) is 24.3 Å². The van der Waals surface area contributed by atoms with Gasteiger partial charge in [0.15, 0.2) is 0 Å². The van der Waals surface area contributed by atoms with Crippen LogP contribution < -0.4 is 5.32 Å². The summed E-state index contributed by atoms with van der Waals surface area (Å²) < 4.78 is 0. The standard InChI is InChI=1S/C5H7N3O2/c1-3(9)8-2-4(10)7-5(8)6/h2H2,1H3,(H2,6,7,10). The molecule has 2 amide bonds. The Morgan fingerprint density at radius 2 is 2.40 bits per heavy atom. The van der Waals surface area contributed by atoms with Crippen molar-refractivity contribution in [3.05, 3.63) is 0 Å². The maximum absolute atomic E-state index is 10.6. The van der Waals surface area contributed by atoms with Gasteiger partial charge in [-0.1, -0.05) is 0 Å². The molecule has 0 saturated carbocycles. The fraction of sp³-hybridized carbons (Fsp3) is 0.400. The van der Waals surface area contributed by atoms with E-state index in [0.717, 1.165) is 4.90 Å². The van der Waals surface area contributed by atoms with Crippen molar-refractivity contribution in [2.75, 3.05) is 6.54 Å². The van der Waals surface area contributed by atoms with Gasteiger partial charge >= 0.3 is 0 Å². The van der Waals surface area contributed by atoms with E-state index in [1.165, 1.54) is 6.92 Å². The molecule has 0 spiro atoms. The van der Waals surface area contributed by atoms with Crippen LogP contribution in [0.2, 0.25) is 0 Å². The third kappa shape index (κ3) is 0.975. The summed E-state index contributed by atoms with van der Waals surface area (Å²) in [5.41, 5.74) is 0. The van der Waals surface area contributed by atoms with Crippen molar-refractivity contribution in [3.8, 4) is 0 Å². The van der Waals surface area contributed by atoms with Crippen LogP contribution in [0.5, 0.6) is 0 Å². The summed E-state index contributed by atoms with van der Waals surface area (Å²) in [7, 11) is 0. The zero-order valence-electron chi connectivity index (χ0n) is 5.47. The summed E-state index contributed by atoms with van der Waals surface area (Å²) in [5, 5.41) is 9.24. The maximum atomic E-state index is 10.6. The minimum atomic E-state index is -0.305. The van der Waals surface area contributed by atoms with E-state index in [2.05, 4.69) is 5.32 Å². The molecule has 1 aliphatic rings. The first kappa shape index (κ1) is 6.73. The molecular weight excluding hydrogens is 134 g/mol. The number of carbonyl (C=O) groups is 2. The van der Waals surface area contributed by atoms with Crippen LogP contribution in [0, 0.1) is 5.41 Å². The van der Waals surface area contributed by atoms with Gasteiger partial charge in [0, 0.05) is 6.92 Å². The molecule has 0 aromatic rings. The molecule has 0 radical (unpaired) electrons. The highest BCUT2D eigenvalue weighted by Crippen LogP contribution is 1.95. The molecule has 1 heterocycles. The number of guanidine groups is 1. The van der Waals surface area contributed by atoms with Crippen LogP contribution >= 0.6 is 0 Å². The van der Waals surface area contributed by atoms with Gasteiger partial charge in [-0.2, -0.15) is 0 Å². The predicted molar refractivity (Wildman–Crippen MR) is 33.3 cm³/mol. The zero-order chi connectivity index (χ0) is 7.72. The molecule has 5 nitrogen and oxygen atoms in total. The van der Waals surface area contributed by atoms with Crippen molar-refractivity contribution in [1.29, 1.82) is 5.41 Å². The van der Waals surface area contributed by atoms with Gasteiger partial charge in [0.25, 0.3) is 0 Å². The second kappa shape index (κ2) is 2.09. The van der Waals surface area contributed by atoms with Crippen LogP contribution in [0.25, 0.3) is 0 Å². The van der Waals surface area contributed by atoms with Crippen LogP contribution in [-0.2, 0) is 9.59 Å². The predicted octanol–water partition coefficient (Wildman–Crippen LogP) is -1.10. The molecular formula is C5H7N3O2. The number of carbonyl (C=O) groups excluding carboxylic acids is 2. The highest BCUT2D eigenvalue weighted by Gasteiger charge is 2.26. The monoisotopic (exact) mass is 141 g/mol. The fourth-order valence-corrected chi connectivity index (χ4v) is 0.731. The van der Waals surface area contributed by atoms with Crippen molar-refractivity contribution in [2.24, 2.45) is 0 Å². The van der Waals surface area contributed by atoms with Gasteiger partial charge in [0.1, 0.15) is 6.54 Å². The molecule has 0 bridgehead atoms. The SMILES string of the molecule is CC(=O)N1CC(=O)NC1=N. The van der Waals surface area contributed by atoms with Gasteiger partial charge in [-0.3, -0.25) is 25.2 Å². The molecule has 10 heavy (non-hydrogen) atoms. The van der Waals surface area contributed by atoms with Gasteiger partial charge in [-0.25, -0.2) is 0 Å². The molecule has 54 valence electrons. The number of nitrogens with zero attached hydrogens (tertiary/aromatic N) is 1. The lowest BCUT2D eigenvalue weighted by Crippen LogP contribution is -2.32. The maximum Gasteiger partial charge on any atom is 0.246 e. The second-order valence-corrected chi connectivity index (χ2v) is 2.00. The third-order valence-electron chi connectivity index (χ3n) is 1.21. The largest absolute Gasteiger partial charge is 0.295 e. The van der Waals surface area contributed by atoms with E-state index in [0.29, 0.717) is 0 Å². The molecule has 0 aliphatic carbocycles. The van der Waals surface area contributed by atoms with Crippen molar-refractivity contribution in [2.45, 2.75) is 6.92 Å². The van der Waals surface area contributed by atoms with Gasteiger partial charge in [-0.05, 0) is 0 Å². The Hall–Kier alpha value is -1.39. The number of hydrogen-bond donors (Lipinski definition) is 2. The van der Waals surface area contributed by atoms with E-state index < -0.39 is 0 Å². The van der Waals surface area contributed by atoms with Crippen molar-refractivity contribution in [3.63, 3.8) is 0 Å². The lowest BCUT2D eigenvalue weighted by atomic mass is 10.5. The molecule has 0 unspecified atom stereocenters. The topological polar surface area (TPSA) is 73.3 Å². The van der Waals surface area contributed by atoms with Gasteiger partial charge < -0.3 is 0 Å². The molecule has 1 saturated heterocycles. The quantitative estimate of drug-likeness (QED) is 0.449. The Morgan fingerprint density at radius 1 is 1.80 bits per heavy atom. The molecule has 1 rings (SSSR count). The van der Waals surface area contributed by atoms with Crippen molar-refractivity contribution >= 4 is 17.8 Å². The first-order valence-corrected chi connectivity index (χ1v) is 2.78. The Bertz CT molecular complexity index is 211. The Morgan fingerprint density at radius 3 is 2.60 bits per heavy atom. The molecule has 0 atom stereocenters. The Balaban J connectivity index is 2.72. The number of nitrogens with one attached hydrogen (secondary N) is 2. The van der Waals surface area contributed by atoms with Gasteiger partial charge in [-0.15, -0.1) is 0 Å². The minimum absolute atomic E-state index is 0.0197. The van der Waals surface area contributed by atoms with Gasteiger partial charge in [0.2, 0.25) is 17.8 Å². The summed E-state index contributed by atoms with van der Waals surface area (Å²) in [4.78, 5) is 22.2. The normalized spacial score (nSPS) is 17.5. The first-order valence-electron chi connectivity index (χ1n) is 2.78. The van der Waals surface area contributed by atoms with Gasteiger partial charge in [0.05, 0.1) is 0 Å². The minimum Gasteiger partial charge on any atom is -0.295 e. The van der Waals surface area contributed by atoms with Crippen molar-refractivity contribution in [1.82, 2.24) is 10.2 Å². The van der Waals surface area contributed by atoms with E-state index in [1.54, 1.807) is 0 Å². The second-order valence-electron chi connectivity index (χ2n) is 2.00. The van der Waals surface area contributed by atoms with E-state index in [4.69, 9.17) is 5.41 Å². The van der Waals surface area contributed by atoms with Crippen LogP contribution in [0.3, 0.4) is 0 Å². The molecule has 1 aliphatic heterocycles. The summed E-state index contributed by atoms with van der Waals surface area (Å²) in [6, 6.07) is 0. The summed E-state index contributed by atoms with van der Waals surface area (Å²) in [6.45, 7) is 1.29. The highest BCUT2D eigenvalue weighted by molar-refractivity contribution is 6.10. The zero-order valence-corrected chi connectivity index (χ0v) is 5.47. The van der Waals surface area contributed by atoms with E-state index in [1.807, 2.05) is 0 Å².